The van der Waals surface area contributed by atoms with E-state index in [1.165, 1.54) is 10.9 Å². The first-order valence-electron chi connectivity index (χ1n) is 10.8. The molecule has 0 spiro atoms. The van der Waals surface area contributed by atoms with Crippen LogP contribution in [-0.4, -0.2) is 37.5 Å². The fourth-order valence-corrected chi connectivity index (χ4v) is 5.67. The van der Waals surface area contributed by atoms with Gasteiger partial charge in [0.15, 0.2) is 0 Å². The van der Waals surface area contributed by atoms with Crippen LogP contribution in [0.3, 0.4) is 0 Å². The summed E-state index contributed by atoms with van der Waals surface area (Å²) in [6.07, 6.45) is -1.59. The van der Waals surface area contributed by atoms with Crippen LogP contribution in [0.5, 0.6) is 0 Å². The predicted octanol–water partition coefficient (Wildman–Crippen LogP) is 5.49. The Labute approximate surface area is 206 Å². The van der Waals surface area contributed by atoms with E-state index in [1.54, 1.807) is 25.1 Å². The van der Waals surface area contributed by atoms with Crippen molar-refractivity contribution < 1.29 is 17.4 Å². The van der Waals surface area contributed by atoms with Crippen LogP contribution in [0.1, 0.15) is 36.5 Å². The van der Waals surface area contributed by atoms with Crippen molar-refractivity contribution in [3.63, 3.8) is 0 Å². The Balaban J connectivity index is 1.84. The molecule has 5 nitrogen and oxygen atoms in total. The van der Waals surface area contributed by atoms with Crippen LogP contribution >= 0.6 is 23.2 Å². The Morgan fingerprint density at radius 1 is 1.12 bits per heavy atom. The van der Waals surface area contributed by atoms with Crippen LogP contribution < -0.4 is 5.56 Å². The molecule has 2 aromatic carbocycles. The summed E-state index contributed by atoms with van der Waals surface area (Å²) >= 11 is 12.5. The van der Waals surface area contributed by atoms with Gasteiger partial charge >= 0.3 is 6.18 Å². The van der Waals surface area contributed by atoms with Gasteiger partial charge in [-0.05, 0) is 61.3 Å². The Hall–Kier alpha value is -1.94. The molecular formula is C23H22Cl2F3N3O2S. The Bertz CT molecular complexity index is 1320. The first-order chi connectivity index (χ1) is 16.1. The SMILES string of the molecule is CCS(=O)c1ccc(Cl)cc1Cn1cnc2c(Cl)c(CN3CCCC3)c(C(F)(F)F)cc2c1=O. The fraction of sp³-hybridized carbons (Fsp3) is 0.391. The molecule has 0 aliphatic carbocycles. The van der Waals surface area contributed by atoms with Crippen molar-refractivity contribution in [2.75, 3.05) is 18.8 Å². The van der Waals surface area contributed by atoms with E-state index in [1.807, 2.05) is 4.90 Å². The van der Waals surface area contributed by atoms with Gasteiger partial charge in [-0.2, -0.15) is 13.2 Å². The molecule has 0 amide bonds. The van der Waals surface area contributed by atoms with Crippen molar-refractivity contribution in [1.29, 1.82) is 0 Å². The zero-order valence-corrected chi connectivity index (χ0v) is 20.6. The molecule has 4 rings (SSSR count). The maximum absolute atomic E-state index is 14.0. The first kappa shape index (κ1) is 25.2. The number of likely N-dealkylation sites (tertiary alicyclic amines) is 1. The van der Waals surface area contributed by atoms with Crippen molar-refractivity contribution in [3.05, 3.63) is 67.7 Å². The summed E-state index contributed by atoms with van der Waals surface area (Å²) in [7, 11) is -1.31. The lowest BCUT2D eigenvalue weighted by Crippen LogP contribution is -2.25. The Morgan fingerprint density at radius 2 is 1.82 bits per heavy atom. The quantitative estimate of drug-likeness (QED) is 0.421. The molecule has 0 bridgehead atoms. The van der Waals surface area contributed by atoms with E-state index in [0.717, 1.165) is 18.9 Å². The van der Waals surface area contributed by atoms with Gasteiger partial charge in [-0.15, -0.1) is 0 Å². The Kier molecular flexibility index (Phi) is 7.38. The van der Waals surface area contributed by atoms with Gasteiger partial charge in [-0.25, -0.2) is 4.98 Å². The van der Waals surface area contributed by atoms with E-state index < -0.39 is 28.1 Å². The van der Waals surface area contributed by atoms with Gasteiger partial charge < -0.3 is 0 Å². The second-order valence-corrected chi connectivity index (χ2v) is 10.7. The highest BCUT2D eigenvalue weighted by Crippen LogP contribution is 2.39. The van der Waals surface area contributed by atoms with Crippen molar-refractivity contribution >= 4 is 44.9 Å². The van der Waals surface area contributed by atoms with E-state index in [0.29, 0.717) is 34.3 Å². The summed E-state index contributed by atoms with van der Waals surface area (Å²) in [6, 6.07) is 5.67. The van der Waals surface area contributed by atoms with Crippen molar-refractivity contribution in [3.8, 4) is 0 Å². The van der Waals surface area contributed by atoms with Gasteiger partial charge in [0, 0.05) is 22.2 Å². The zero-order valence-electron chi connectivity index (χ0n) is 18.3. The molecule has 1 unspecified atom stereocenters. The normalized spacial score (nSPS) is 15.8. The minimum atomic E-state index is -4.68. The molecule has 0 N–H and O–H groups in total. The van der Waals surface area contributed by atoms with Crippen LogP contribution in [0.2, 0.25) is 10.0 Å². The molecule has 2 heterocycles. The average Bonchev–Trinajstić information content (AvgIpc) is 3.29. The molecule has 0 radical (unpaired) electrons. The molecule has 11 heteroatoms. The smallest absolute Gasteiger partial charge is 0.299 e. The lowest BCUT2D eigenvalue weighted by atomic mass is 10.0. The Morgan fingerprint density at radius 3 is 2.47 bits per heavy atom. The topological polar surface area (TPSA) is 55.2 Å². The molecule has 1 aliphatic heterocycles. The second kappa shape index (κ2) is 9.97. The monoisotopic (exact) mass is 531 g/mol. The molecule has 34 heavy (non-hydrogen) atoms. The number of hydrogen-bond donors (Lipinski definition) is 0. The third-order valence-corrected chi connectivity index (χ3v) is 7.97. The summed E-state index contributed by atoms with van der Waals surface area (Å²) in [5, 5.41) is 0.0179. The van der Waals surface area contributed by atoms with E-state index in [2.05, 4.69) is 4.98 Å². The lowest BCUT2D eigenvalue weighted by molar-refractivity contribution is -0.138. The number of fused-ring (bicyclic) bond motifs is 1. The largest absolute Gasteiger partial charge is 0.416 e. The van der Waals surface area contributed by atoms with Crippen LogP contribution in [-0.2, 0) is 30.1 Å². The number of hydrogen-bond acceptors (Lipinski definition) is 4. The second-order valence-electron chi connectivity index (χ2n) is 8.16. The van der Waals surface area contributed by atoms with E-state index in [-0.39, 0.29) is 34.6 Å². The minimum Gasteiger partial charge on any atom is -0.299 e. The van der Waals surface area contributed by atoms with Gasteiger partial charge in [0.1, 0.15) is 0 Å². The van der Waals surface area contributed by atoms with Gasteiger partial charge in [0.25, 0.3) is 5.56 Å². The first-order valence-corrected chi connectivity index (χ1v) is 12.8. The van der Waals surface area contributed by atoms with Gasteiger partial charge in [-0.1, -0.05) is 30.1 Å². The lowest BCUT2D eigenvalue weighted by Gasteiger charge is -2.21. The number of benzene rings is 2. The van der Waals surface area contributed by atoms with Crippen molar-refractivity contribution in [2.24, 2.45) is 0 Å². The zero-order chi connectivity index (χ0) is 24.6. The van der Waals surface area contributed by atoms with Crippen LogP contribution in [0.25, 0.3) is 10.9 Å². The highest BCUT2D eigenvalue weighted by atomic mass is 35.5. The van der Waals surface area contributed by atoms with Gasteiger partial charge in [0.05, 0.1) is 45.2 Å². The number of nitrogens with zero attached hydrogens (tertiary/aromatic N) is 3. The summed E-state index contributed by atoms with van der Waals surface area (Å²) in [5.74, 6) is 0.365. The summed E-state index contributed by atoms with van der Waals surface area (Å²) in [5.41, 5.74) is -1.09. The average molecular weight is 532 g/mol. The maximum Gasteiger partial charge on any atom is 0.416 e. The third kappa shape index (κ3) is 5.03. The predicted molar refractivity (Wildman–Crippen MR) is 128 cm³/mol. The van der Waals surface area contributed by atoms with E-state index >= 15 is 0 Å². The summed E-state index contributed by atoms with van der Waals surface area (Å²) < 4.78 is 55.6. The van der Waals surface area contributed by atoms with E-state index in [9.17, 15) is 22.2 Å². The maximum atomic E-state index is 14.0. The van der Waals surface area contributed by atoms with Crippen molar-refractivity contribution in [1.82, 2.24) is 14.5 Å². The molecule has 0 saturated carbocycles. The number of rotatable bonds is 6. The molecule has 1 aromatic heterocycles. The molecule has 3 aromatic rings. The van der Waals surface area contributed by atoms with Gasteiger partial charge in [0.2, 0.25) is 0 Å². The van der Waals surface area contributed by atoms with Crippen molar-refractivity contribution in [2.45, 2.75) is 43.9 Å². The van der Waals surface area contributed by atoms with Crippen LogP contribution in [0.15, 0.2) is 40.3 Å². The van der Waals surface area contributed by atoms with Crippen LogP contribution in [0.4, 0.5) is 13.2 Å². The highest BCUT2D eigenvalue weighted by molar-refractivity contribution is 7.85. The van der Waals surface area contributed by atoms with E-state index in [4.69, 9.17) is 23.2 Å². The third-order valence-electron chi connectivity index (χ3n) is 5.92. The standard InChI is InChI=1S/C23H22Cl2F3N3O2S/c1-2-34(33)19-6-5-15(24)9-14(19)11-31-13-29-21-16(22(31)32)10-18(23(26,27)28)17(20(21)25)12-30-7-3-4-8-30/h5-6,9-10,13H,2-4,7-8,11-12H2,1H3. The summed E-state index contributed by atoms with van der Waals surface area (Å²) in [4.78, 5) is 19.9. The molecule has 1 saturated heterocycles. The molecule has 1 fully saturated rings. The number of aromatic nitrogens is 2. The molecule has 182 valence electrons. The minimum absolute atomic E-state index is 0.0357. The highest BCUT2D eigenvalue weighted by Gasteiger charge is 2.36. The number of alkyl halides is 3. The number of halogens is 5. The fourth-order valence-electron chi connectivity index (χ4n) is 4.22. The molecular weight excluding hydrogens is 510 g/mol. The molecule has 1 aliphatic rings. The molecule has 1 atom stereocenters. The summed E-state index contributed by atoms with van der Waals surface area (Å²) in [6.45, 7) is 3.16. The van der Waals surface area contributed by atoms with Gasteiger partial charge in [-0.3, -0.25) is 18.5 Å². The van der Waals surface area contributed by atoms with Crippen LogP contribution in [0, 0.1) is 0 Å².